The van der Waals surface area contributed by atoms with Crippen LogP contribution >= 0.6 is 12.4 Å². The van der Waals surface area contributed by atoms with Crippen LogP contribution < -0.4 is 11.1 Å². The highest BCUT2D eigenvalue weighted by atomic mass is 35.5. The molecule has 0 saturated heterocycles. The molecule has 0 atom stereocenters. The zero-order chi connectivity index (χ0) is 13.3. The van der Waals surface area contributed by atoms with Gasteiger partial charge in [0, 0.05) is 20.2 Å². The van der Waals surface area contributed by atoms with Crippen LogP contribution in [-0.4, -0.2) is 56.6 Å². The largest absolute Gasteiger partial charge is 0.383 e. The molecule has 0 rings (SSSR count). The van der Waals surface area contributed by atoms with E-state index in [1.54, 1.807) is 12.0 Å². The zero-order valence-electron chi connectivity index (χ0n) is 11.3. The van der Waals surface area contributed by atoms with Gasteiger partial charge in [0.05, 0.1) is 19.7 Å². The fourth-order valence-corrected chi connectivity index (χ4v) is 1.32. The molecular formula is C11H24ClN3O3. The Balaban J connectivity index is 0. The van der Waals surface area contributed by atoms with Crippen LogP contribution in [0.25, 0.3) is 0 Å². The van der Waals surface area contributed by atoms with Crippen LogP contribution in [0.4, 0.5) is 0 Å². The number of rotatable bonds is 8. The zero-order valence-corrected chi connectivity index (χ0v) is 12.1. The van der Waals surface area contributed by atoms with Crippen LogP contribution in [0.5, 0.6) is 0 Å². The smallest absolute Gasteiger partial charge is 0.242 e. The third-order valence-corrected chi connectivity index (χ3v) is 2.13. The minimum atomic E-state index is -0.324. The summed E-state index contributed by atoms with van der Waals surface area (Å²) in [6, 6.07) is 0. The van der Waals surface area contributed by atoms with Crippen molar-refractivity contribution in [3.05, 3.63) is 0 Å². The Morgan fingerprint density at radius 1 is 1.39 bits per heavy atom. The van der Waals surface area contributed by atoms with Crippen LogP contribution in [-0.2, 0) is 14.3 Å². The van der Waals surface area contributed by atoms with Crippen LogP contribution in [0.15, 0.2) is 0 Å². The number of carbonyl (C=O) groups excluding carboxylic acids is 2. The lowest BCUT2D eigenvalue weighted by atomic mass is 10.2. The Morgan fingerprint density at radius 3 is 2.44 bits per heavy atom. The number of hydrogen-bond donors (Lipinski definition) is 2. The summed E-state index contributed by atoms with van der Waals surface area (Å²) in [6.45, 7) is 5.63. The third kappa shape index (κ3) is 9.21. The number of methoxy groups -OCH3 is 1. The maximum absolute atomic E-state index is 11.8. The molecule has 0 spiro atoms. The van der Waals surface area contributed by atoms with Crippen LogP contribution in [0.2, 0.25) is 0 Å². The van der Waals surface area contributed by atoms with Gasteiger partial charge in [0.25, 0.3) is 0 Å². The van der Waals surface area contributed by atoms with E-state index in [0.717, 1.165) is 0 Å². The average Bonchev–Trinajstić information content (AvgIpc) is 2.30. The molecule has 0 aliphatic rings. The summed E-state index contributed by atoms with van der Waals surface area (Å²) in [7, 11) is 1.59. The van der Waals surface area contributed by atoms with Crippen molar-refractivity contribution in [3.63, 3.8) is 0 Å². The first-order valence-corrected chi connectivity index (χ1v) is 5.74. The predicted molar refractivity (Wildman–Crippen MR) is 72.6 cm³/mol. The number of amides is 2. The molecule has 0 unspecified atom stereocenters. The fraction of sp³-hybridized carbons (Fsp3) is 0.818. The van der Waals surface area contributed by atoms with E-state index in [-0.39, 0.29) is 37.3 Å². The second-order valence-corrected chi connectivity index (χ2v) is 4.21. The van der Waals surface area contributed by atoms with E-state index in [1.165, 1.54) is 0 Å². The number of ether oxygens (including phenoxy) is 1. The topological polar surface area (TPSA) is 84.7 Å². The van der Waals surface area contributed by atoms with E-state index in [0.29, 0.717) is 25.6 Å². The van der Waals surface area contributed by atoms with Crippen molar-refractivity contribution in [3.8, 4) is 0 Å². The van der Waals surface area contributed by atoms with Gasteiger partial charge in [0.2, 0.25) is 11.8 Å². The normalized spacial score (nSPS) is 9.83. The standard InChI is InChI=1S/C11H23N3O3.ClH/c1-9(2)8-14(4-5-17-3)11(16)7-13-10(15)6-12;/h9H,4-8,12H2,1-3H3,(H,13,15);1H. The molecule has 2 amide bonds. The summed E-state index contributed by atoms with van der Waals surface area (Å²) >= 11 is 0. The third-order valence-electron chi connectivity index (χ3n) is 2.13. The molecule has 0 aromatic rings. The summed E-state index contributed by atoms with van der Waals surface area (Å²) in [5.41, 5.74) is 5.14. The molecule has 0 aliphatic heterocycles. The van der Waals surface area contributed by atoms with Crippen molar-refractivity contribution in [2.24, 2.45) is 11.7 Å². The molecule has 0 aromatic heterocycles. The van der Waals surface area contributed by atoms with Gasteiger partial charge in [-0.15, -0.1) is 12.4 Å². The Kier molecular flexibility index (Phi) is 12.2. The van der Waals surface area contributed by atoms with Crippen molar-refractivity contribution >= 4 is 24.2 Å². The number of carbonyl (C=O) groups is 2. The molecule has 0 fully saturated rings. The summed E-state index contributed by atoms with van der Waals surface area (Å²) < 4.78 is 4.95. The monoisotopic (exact) mass is 281 g/mol. The Labute approximate surface area is 115 Å². The van der Waals surface area contributed by atoms with Gasteiger partial charge < -0.3 is 20.7 Å². The highest BCUT2D eigenvalue weighted by Gasteiger charge is 2.14. The molecule has 0 heterocycles. The van der Waals surface area contributed by atoms with Gasteiger partial charge in [-0.05, 0) is 5.92 Å². The molecule has 18 heavy (non-hydrogen) atoms. The average molecular weight is 282 g/mol. The predicted octanol–water partition coefficient (Wildman–Crippen LogP) is -0.386. The number of nitrogens with two attached hydrogens (primary N) is 1. The number of nitrogens with one attached hydrogen (secondary N) is 1. The van der Waals surface area contributed by atoms with Gasteiger partial charge in [-0.2, -0.15) is 0 Å². The molecule has 7 heteroatoms. The number of nitrogens with zero attached hydrogens (tertiary/aromatic N) is 1. The number of halogens is 1. The lowest BCUT2D eigenvalue weighted by Gasteiger charge is -2.24. The molecule has 0 aliphatic carbocycles. The van der Waals surface area contributed by atoms with E-state index in [2.05, 4.69) is 5.32 Å². The molecule has 108 valence electrons. The van der Waals surface area contributed by atoms with Crippen LogP contribution in [0.3, 0.4) is 0 Å². The van der Waals surface area contributed by atoms with Gasteiger partial charge in [0.15, 0.2) is 0 Å². The Bertz CT molecular complexity index is 250. The maximum Gasteiger partial charge on any atom is 0.242 e. The summed E-state index contributed by atoms with van der Waals surface area (Å²) in [4.78, 5) is 24.4. The lowest BCUT2D eigenvalue weighted by Crippen LogP contribution is -2.44. The summed E-state index contributed by atoms with van der Waals surface area (Å²) in [5, 5.41) is 2.47. The van der Waals surface area contributed by atoms with E-state index in [9.17, 15) is 9.59 Å². The van der Waals surface area contributed by atoms with Crippen molar-refractivity contribution in [2.75, 3.05) is 39.9 Å². The van der Waals surface area contributed by atoms with Crippen molar-refractivity contribution in [1.82, 2.24) is 10.2 Å². The second-order valence-electron chi connectivity index (χ2n) is 4.21. The number of hydrogen-bond acceptors (Lipinski definition) is 4. The minimum absolute atomic E-state index is 0. The molecule has 0 bridgehead atoms. The Hall–Kier alpha value is -0.850. The first-order valence-electron chi connectivity index (χ1n) is 5.74. The van der Waals surface area contributed by atoms with Gasteiger partial charge in [-0.1, -0.05) is 13.8 Å². The van der Waals surface area contributed by atoms with Crippen LogP contribution in [0, 0.1) is 5.92 Å². The van der Waals surface area contributed by atoms with Gasteiger partial charge in [-0.3, -0.25) is 9.59 Å². The lowest BCUT2D eigenvalue weighted by molar-refractivity contribution is -0.133. The van der Waals surface area contributed by atoms with Gasteiger partial charge >= 0.3 is 0 Å². The van der Waals surface area contributed by atoms with E-state index >= 15 is 0 Å². The van der Waals surface area contributed by atoms with E-state index in [4.69, 9.17) is 10.5 Å². The molecule has 0 aromatic carbocycles. The highest BCUT2D eigenvalue weighted by molar-refractivity contribution is 5.85. The molecule has 0 saturated carbocycles. The van der Waals surface area contributed by atoms with Crippen molar-refractivity contribution < 1.29 is 14.3 Å². The van der Waals surface area contributed by atoms with E-state index < -0.39 is 0 Å². The molecular weight excluding hydrogens is 258 g/mol. The second kappa shape index (κ2) is 11.3. The van der Waals surface area contributed by atoms with Crippen molar-refractivity contribution in [2.45, 2.75) is 13.8 Å². The van der Waals surface area contributed by atoms with Gasteiger partial charge in [0.1, 0.15) is 0 Å². The molecule has 6 nitrogen and oxygen atoms in total. The first kappa shape index (κ1) is 19.5. The SMILES string of the molecule is COCCN(CC(C)C)C(=O)CNC(=O)CN.Cl. The summed E-state index contributed by atoms with van der Waals surface area (Å²) in [6.07, 6.45) is 0. The molecule has 0 radical (unpaired) electrons. The Morgan fingerprint density at radius 2 is 2.00 bits per heavy atom. The van der Waals surface area contributed by atoms with E-state index in [1.807, 2.05) is 13.8 Å². The molecule has 3 N–H and O–H groups in total. The first-order chi connectivity index (χ1) is 8.01. The highest BCUT2D eigenvalue weighted by Crippen LogP contribution is 1.99. The van der Waals surface area contributed by atoms with Gasteiger partial charge in [-0.25, -0.2) is 0 Å². The quantitative estimate of drug-likeness (QED) is 0.635. The maximum atomic E-state index is 11.8. The van der Waals surface area contributed by atoms with Crippen molar-refractivity contribution in [1.29, 1.82) is 0 Å². The summed E-state index contributed by atoms with van der Waals surface area (Å²) in [5.74, 6) is -0.0619. The van der Waals surface area contributed by atoms with Crippen LogP contribution in [0.1, 0.15) is 13.8 Å². The fourth-order valence-electron chi connectivity index (χ4n) is 1.32. The minimum Gasteiger partial charge on any atom is -0.383 e.